The molecule has 0 radical (unpaired) electrons. The summed E-state index contributed by atoms with van der Waals surface area (Å²) in [5.41, 5.74) is 19.4. The highest BCUT2D eigenvalue weighted by Gasteiger charge is 2.38. The summed E-state index contributed by atoms with van der Waals surface area (Å²) in [4.78, 5) is 10.6. The molecule has 0 bridgehead atoms. The van der Waals surface area contributed by atoms with Crippen LogP contribution in [0.25, 0.3) is 104 Å². The SMILES string of the molecule is CC1(C)c2ccccc2-c2cc3c4cc5c(cc4n(-c4cnc(-c6cc(-c7ccccc7)cc(-c7cccc8c7sc7ccccc78)c6)cn4)c3cc21)C(C)(C)c1ccccc1-5. The third-order valence-corrected chi connectivity index (χ3v) is 15.3. The lowest BCUT2D eigenvalue weighted by Crippen LogP contribution is -2.15. The van der Waals surface area contributed by atoms with E-state index in [0.29, 0.717) is 0 Å². The van der Waals surface area contributed by atoms with Gasteiger partial charge in [-0.15, -0.1) is 11.3 Å². The van der Waals surface area contributed by atoms with Crippen molar-refractivity contribution < 1.29 is 0 Å². The highest BCUT2D eigenvalue weighted by atomic mass is 32.1. The topological polar surface area (TPSA) is 30.7 Å². The van der Waals surface area contributed by atoms with E-state index in [1.807, 2.05) is 23.7 Å². The highest BCUT2D eigenvalue weighted by molar-refractivity contribution is 7.26. The molecule has 294 valence electrons. The Balaban J connectivity index is 1.02. The largest absolute Gasteiger partial charge is 0.292 e. The molecule has 2 aliphatic rings. The van der Waals surface area contributed by atoms with Gasteiger partial charge in [0.1, 0.15) is 0 Å². The second kappa shape index (κ2) is 12.7. The van der Waals surface area contributed by atoms with E-state index in [-0.39, 0.29) is 10.8 Å². The zero-order valence-electron chi connectivity index (χ0n) is 35.0. The normalized spacial score (nSPS) is 14.4. The first-order valence-electron chi connectivity index (χ1n) is 21.5. The van der Waals surface area contributed by atoms with Gasteiger partial charge in [-0.05, 0) is 115 Å². The van der Waals surface area contributed by atoms with E-state index < -0.39 is 0 Å². The first kappa shape index (κ1) is 35.6. The third kappa shape index (κ3) is 4.93. The molecular formula is C58H41N3S. The van der Waals surface area contributed by atoms with E-state index in [1.54, 1.807) is 0 Å². The molecule has 0 atom stereocenters. The van der Waals surface area contributed by atoms with Gasteiger partial charge in [-0.1, -0.05) is 143 Å². The van der Waals surface area contributed by atoms with Gasteiger partial charge in [0.25, 0.3) is 0 Å². The zero-order chi connectivity index (χ0) is 41.5. The Hall–Kier alpha value is -7.14. The van der Waals surface area contributed by atoms with Gasteiger partial charge in [-0.2, -0.15) is 0 Å². The number of fused-ring (bicyclic) bond motifs is 12. The van der Waals surface area contributed by atoms with E-state index in [4.69, 9.17) is 9.97 Å². The summed E-state index contributed by atoms with van der Waals surface area (Å²) in [5.74, 6) is 0.810. The minimum absolute atomic E-state index is 0.138. The maximum atomic E-state index is 5.32. The van der Waals surface area contributed by atoms with E-state index in [1.165, 1.54) is 92.1 Å². The van der Waals surface area contributed by atoms with Crippen molar-refractivity contribution in [2.45, 2.75) is 38.5 Å². The average molecular weight is 812 g/mol. The molecule has 62 heavy (non-hydrogen) atoms. The number of hydrogen-bond donors (Lipinski definition) is 0. The number of aromatic nitrogens is 3. The van der Waals surface area contributed by atoms with Gasteiger partial charge in [0.2, 0.25) is 0 Å². The molecule has 0 unspecified atom stereocenters. The Kier molecular flexibility index (Phi) is 7.29. The molecule has 0 fully saturated rings. The van der Waals surface area contributed by atoms with Gasteiger partial charge in [0.05, 0.1) is 29.1 Å². The van der Waals surface area contributed by atoms with Gasteiger partial charge in [-0.25, -0.2) is 4.98 Å². The first-order chi connectivity index (χ1) is 30.2. The molecule has 13 rings (SSSR count). The molecule has 0 spiro atoms. The fourth-order valence-corrected chi connectivity index (χ4v) is 12.2. The monoisotopic (exact) mass is 811 g/mol. The third-order valence-electron chi connectivity index (χ3n) is 14.1. The van der Waals surface area contributed by atoms with Crippen LogP contribution in [0.2, 0.25) is 0 Å². The van der Waals surface area contributed by atoms with Gasteiger partial charge in [0.15, 0.2) is 5.82 Å². The lowest BCUT2D eigenvalue weighted by molar-refractivity contribution is 0.660. The standard InChI is InChI=1S/C58H41N3S/c1-57(2)47-22-11-8-17-39(47)43-28-45-46-29-44-40-18-9-12-23-48(40)58(3,4)50(44)31-53(46)61(52(45)30-49(43)57)55-33-59-51(32-60-55)37-26-35(34-15-6-5-7-16-34)25-36(27-37)38-20-14-21-42-41-19-10-13-24-54(41)62-56(38)42/h5-33H,1-4H3. The summed E-state index contributed by atoms with van der Waals surface area (Å²) in [7, 11) is 0. The molecule has 11 aromatic rings. The maximum absolute atomic E-state index is 5.32. The number of hydrogen-bond acceptors (Lipinski definition) is 3. The molecule has 3 aromatic heterocycles. The lowest BCUT2D eigenvalue weighted by Gasteiger charge is -2.22. The Labute approximate surface area is 364 Å². The van der Waals surface area contributed by atoms with Crippen LogP contribution in [0, 0.1) is 0 Å². The molecule has 3 heterocycles. The van der Waals surface area contributed by atoms with Crippen molar-refractivity contribution >= 4 is 53.3 Å². The number of thiophene rings is 1. The van der Waals surface area contributed by atoms with Gasteiger partial charge in [-0.3, -0.25) is 9.55 Å². The summed E-state index contributed by atoms with van der Waals surface area (Å²) >= 11 is 1.87. The Morgan fingerprint density at radius 1 is 0.403 bits per heavy atom. The molecule has 0 aliphatic heterocycles. The Morgan fingerprint density at radius 3 is 1.63 bits per heavy atom. The number of rotatable bonds is 4. The summed E-state index contributed by atoms with van der Waals surface area (Å²) < 4.78 is 4.97. The van der Waals surface area contributed by atoms with Crippen molar-refractivity contribution in [3.8, 4) is 61.6 Å². The lowest BCUT2D eigenvalue weighted by atomic mass is 9.82. The van der Waals surface area contributed by atoms with Crippen molar-refractivity contribution in [1.82, 2.24) is 14.5 Å². The Morgan fingerprint density at radius 2 is 0.968 bits per heavy atom. The number of nitrogens with zero attached hydrogens (tertiary/aromatic N) is 3. The van der Waals surface area contributed by atoms with Gasteiger partial charge >= 0.3 is 0 Å². The van der Waals surface area contributed by atoms with Crippen LogP contribution < -0.4 is 0 Å². The van der Waals surface area contributed by atoms with Crippen LogP contribution in [-0.4, -0.2) is 14.5 Å². The summed E-state index contributed by atoms with van der Waals surface area (Å²) in [6.07, 6.45) is 3.96. The molecule has 0 N–H and O–H groups in total. The first-order valence-corrected chi connectivity index (χ1v) is 22.4. The molecule has 0 saturated carbocycles. The summed E-state index contributed by atoms with van der Waals surface area (Å²) in [5, 5.41) is 5.06. The highest BCUT2D eigenvalue weighted by Crippen LogP contribution is 2.54. The second-order valence-corrected chi connectivity index (χ2v) is 19.3. The van der Waals surface area contributed by atoms with Crippen LogP contribution in [0.4, 0.5) is 0 Å². The second-order valence-electron chi connectivity index (χ2n) is 18.2. The maximum Gasteiger partial charge on any atom is 0.156 e. The van der Waals surface area contributed by atoms with Gasteiger partial charge < -0.3 is 0 Å². The van der Waals surface area contributed by atoms with Crippen LogP contribution in [0.1, 0.15) is 49.9 Å². The quantitative estimate of drug-likeness (QED) is 0.177. The van der Waals surface area contributed by atoms with Crippen LogP contribution in [-0.2, 0) is 10.8 Å². The molecular weight excluding hydrogens is 771 g/mol. The van der Waals surface area contributed by atoms with E-state index in [2.05, 4.69) is 196 Å². The van der Waals surface area contributed by atoms with Crippen molar-refractivity contribution in [1.29, 1.82) is 0 Å². The fourth-order valence-electron chi connectivity index (χ4n) is 10.9. The van der Waals surface area contributed by atoms with Crippen LogP contribution >= 0.6 is 11.3 Å². The Bertz CT molecular complexity index is 3560. The minimum Gasteiger partial charge on any atom is -0.292 e. The number of benzene rings is 8. The summed E-state index contributed by atoms with van der Waals surface area (Å²) in [6.45, 7) is 9.44. The van der Waals surface area contributed by atoms with Crippen LogP contribution in [0.5, 0.6) is 0 Å². The van der Waals surface area contributed by atoms with E-state index >= 15 is 0 Å². The predicted molar refractivity (Wildman–Crippen MR) is 261 cm³/mol. The average Bonchev–Trinajstić information content (AvgIpc) is 3.98. The fraction of sp³-hybridized carbons (Fsp3) is 0.103. The van der Waals surface area contributed by atoms with Crippen molar-refractivity contribution in [3.63, 3.8) is 0 Å². The van der Waals surface area contributed by atoms with E-state index in [0.717, 1.165) is 33.7 Å². The molecule has 4 heteroatoms. The minimum atomic E-state index is -0.138. The molecule has 3 nitrogen and oxygen atoms in total. The van der Waals surface area contributed by atoms with E-state index in [9.17, 15) is 0 Å². The zero-order valence-corrected chi connectivity index (χ0v) is 35.8. The molecule has 8 aromatic carbocycles. The van der Waals surface area contributed by atoms with Crippen molar-refractivity contribution in [2.24, 2.45) is 0 Å². The molecule has 0 saturated heterocycles. The van der Waals surface area contributed by atoms with Crippen LogP contribution in [0.15, 0.2) is 176 Å². The van der Waals surface area contributed by atoms with Crippen molar-refractivity contribution in [3.05, 3.63) is 198 Å². The molecule has 0 amide bonds. The molecule has 2 aliphatic carbocycles. The van der Waals surface area contributed by atoms with Crippen molar-refractivity contribution in [2.75, 3.05) is 0 Å². The predicted octanol–water partition coefficient (Wildman–Crippen LogP) is 15.6. The van der Waals surface area contributed by atoms with Gasteiger partial charge in [0, 0.05) is 47.3 Å². The summed E-state index contributed by atoms with van der Waals surface area (Å²) in [6, 6.07) is 60.6. The van der Waals surface area contributed by atoms with Crippen LogP contribution in [0.3, 0.4) is 0 Å². The smallest absolute Gasteiger partial charge is 0.156 e.